The van der Waals surface area contributed by atoms with Gasteiger partial charge in [0.05, 0.1) is 4.92 Å². The molecule has 2 N–H and O–H groups in total. The lowest BCUT2D eigenvalue weighted by molar-refractivity contribution is -0.385. The number of rotatable bonds is 3. The average molecular weight is 278 g/mol. The van der Waals surface area contributed by atoms with Crippen LogP contribution in [0.1, 0.15) is 16.8 Å². The number of H-pyrrole nitrogens is 2. The summed E-state index contributed by atoms with van der Waals surface area (Å²) in [5, 5.41) is 17.2. The number of benzene rings is 1. The van der Waals surface area contributed by atoms with Crippen molar-refractivity contribution in [1.29, 1.82) is 0 Å². The van der Waals surface area contributed by atoms with Gasteiger partial charge in [0, 0.05) is 18.1 Å². The molecule has 0 fully saturated rings. The maximum absolute atomic E-state index is 11.6. The molecule has 0 aliphatic carbocycles. The molecule has 0 bridgehead atoms. The van der Waals surface area contributed by atoms with E-state index < -0.39 is 10.5 Å². The van der Waals surface area contributed by atoms with Crippen LogP contribution in [0.2, 0.25) is 0 Å². The maximum atomic E-state index is 11.6. The van der Waals surface area contributed by atoms with Crippen LogP contribution >= 0.6 is 12.2 Å². The topological polar surface area (TPSA) is 105 Å². The standard InChI is InChI=1S/C11H10N4O3S/c1-6-2-3-7(9(4-6)15(17)18)5-8-10(16)12-11(19)14-13-8/h2-4H,5H2,1H3,(H2,12,14,16,19). The van der Waals surface area contributed by atoms with Crippen LogP contribution in [-0.4, -0.2) is 20.1 Å². The summed E-state index contributed by atoms with van der Waals surface area (Å²) >= 11 is 4.73. The van der Waals surface area contributed by atoms with Crippen molar-refractivity contribution < 1.29 is 4.92 Å². The zero-order valence-electron chi connectivity index (χ0n) is 9.97. The minimum Gasteiger partial charge on any atom is -0.296 e. The van der Waals surface area contributed by atoms with Gasteiger partial charge in [-0.3, -0.25) is 25.0 Å². The third kappa shape index (κ3) is 2.91. The molecule has 1 aromatic heterocycles. The molecule has 0 unspecified atom stereocenters. The van der Waals surface area contributed by atoms with Crippen LogP contribution in [0.5, 0.6) is 0 Å². The Morgan fingerprint density at radius 2 is 2.21 bits per heavy atom. The summed E-state index contributed by atoms with van der Waals surface area (Å²) in [6.45, 7) is 1.77. The van der Waals surface area contributed by atoms with Gasteiger partial charge in [-0.2, -0.15) is 5.10 Å². The Labute approximate surface area is 112 Å². The van der Waals surface area contributed by atoms with E-state index in [1.54, 1.807) is 19.1 Å². The van der Waals surface area contributed by atoms with Crippen molar-refractivity contribution in [3.05, 3.63) is 60.3 Å². The van der Waals surface area contributed by atoms with Crippen LogP contribution < -0.4 is 5.56 Å². The number of aromatic nitrogens is 3. The Balaban J connectivity index is 2.46. The smallest absolute Gasteiger partial charge is 0.274 e. The fraction of sp³-hybridized carbons (Fsp3) is 0.182. The average Bonchev–Trinajstić information content (AvgIpc) is 2.34. The molecule has 2 aromatic rings. The first-order chi connectivity index (χ1) is 8.97. The first-order valence-corrected chi connectivity index (χ1v) is 5.80. The molecule has 0 atom stereocenters. The second-order valence-corrected chi connectivity index (χ2v) is 4.43. The third-order valence-electron chi connectivity index (χ3n) is 2.58. The highest BCUT2D eigenvalue weighted by Gasteiger charge is 2.16. The fourth-order valence-electron chi connectivity index (χ4n) is 1.67. The normalized spacial score (nSPS) is 10.4. The second-order valence-electron chi connectivity index (χ2n) is 4.02. The number of aromatic amines is 2. The summed E-state index contributed by atoms with van der Waals surface area (Å²) in [6, 6.07) is 4.84. The zero-order chi connectivity index (χ0) is 14.0. The SMILES string of the molecule is Cc1ccc(Cc2n[nH]c(=S)[nH]c2=O)c([N+](=O)[O-])c1. The first kappa shape index (κ1) is 13.1. The van der Waals surface area contributed by atoms with Crippen molar-refractivity contribution in [2.75, 3.05) is 0 Å². The van der Waals surface area contributed by atoms with E-state index in [9.17, 15) is 14.9 Å². The van der Waals surface area contributed by atoms with Gasteiger partial charge in [-0.05, 0) is 24.7 Å². The van der Waals surface area contributed by atoms with Crippen molar-refractivity contribution in [2.45, 2.75) is 13.3 Å². The number of nitro benzene ring substituents is 1. The van der Waals surface area contributed by atoms with E-state index in [2.05, 4.69) is 15.2 Å². The Morgan fingerprint density at radius 3 is 2.84 bits per heavy atom. The van der Waals surface area contributed by atoms with Gasteiger partial charge < -0.3 is 0 Å². The molecule has 0 radical (unpaired) electrons. The van der Waals surface area contributed by atoms with Gasteiger partial charge in [0.2, 0.25) is 0 Å². The predicted octanol–water partition coefficient (Wildman–Crippen LogP) is 1.63. The molecular formula is C11H10N4O3S. The lowest BCUT2D eigenvalue weighted by Crippen LogP contribution is -2.17. The fourth-order valence-corrected chi connectivity index (χ4v) is 1.80. The molecule has 0 spiro atoms. The van der Waals surface area contributed by atoms with Gasteiger partial charge >= 0.3 is 0 Å². The molecule has 0 saturated heterocycles. The van der Waals surface area contributed by atoms with E-state index in [0.717, 1.165) is 5.56 Å². The molecule has 0 amide bonds. The van der Waals surface area contributed by atoms with Crippen LogP contribution in [0, 0.1) is 21.8 Å². The first-order valence-electron chi connectivity index (χ1n) is 5.39. The van der Waals surface area contributed by atoms with Gasteiger partial charge in [0.15, 0.2) is 4.77 Å². The minimum atomic E-state index is -0.471. The van der Waals surface area contributed by atoms with E-state index in [1.807, 2.05) is 0 Å². The monoisotopic (exact) mass is 278 g/mol. The third-order valence-corrected chi connectivity index (χ3v) is 2.77. The van der Waals surface area contributed by atoms with Crippen molar-refractivity contribution in [3.63, 3.8) is 0 Å². The van der Waals surface area contributed by atoms with E-state index >= 15 is 0 Å². The van der Waals surface area contributed by atoms with E-state index in [0.29, 0.717) is 5.56 Å². The van der Waals surface area contributed by atoms with E-state index in [1.165, 1.54) is 6.07 Å². The Hall–Kier alpha value is -2.35. The van der Waals surface area contributed by atoms with E-state index in [4.69, 9.17) is 12.2 Å². The molecule has 0 aliphatic heterocycles. The molecule has 7 nitrogen and oxygen atoms in total. The van der Waals surface area contributed by atoms with Gasteiger partial charge in [-0.25, -0.2) is 0 Å². The van der Waals surface area contributed by atoms with Gasteiger partial charge in [-0.15, -0.1) is 0 Å². The Bertz CT molecular complexity index is 750. The summed E-state index contributed by atoms with van der Waals surface area (Å²) < 4.78 is 0.118. The molecule has 2 rings (SSSR count). The van der Waals surface area contributed by atoms with Crippen LogP contribution in [0.4, 0.5) is 5.69 Å². The molecule has 1 heterocycles. The molecule has 98 valence electrons. The molecule has 0 aliphatic rings. The number of nitrogens with one attached hydrogen (secondary N) is 2. The summed E-state index contributed by atoms with van der Waals surface area (Å²) in [6.07, 6.45) is 0.0675. The molecule has 8 heteroatoms. The van der Waals surface area contributed by atoms with Crippen molar-refractivity contribution in [1.82, 2.24) is 15.2 Å². The van der Waals surface area contributed by atoms with E-state index in [-0.39, 0.29) is 22.6 Å². The summed E-state index contributed by atoms with van der Waals surface area (Å²) in [7, 11) is 0. The minimum absolute atomic E-state index is 0.0244. The highest BCUT2D eigenvalue weighted by molar-refractivity contribution is 7.71. The van der Waals surface area contributed by atoms with Crippen LogP contribution in [-0.2, 0) is 6.42 Å². The quantitative estimate of drug-likeness (QED) is 0.504. The van der Waals surface area contributed by atoms with Crippen molar-refractivity contribution >= 4 is 17.9 Å². The number of hydrogen-bond donors (Lipinski definition) is 2. The van der Waals surface area contributed by atoms with Crippen molar-refractivity contribution in [2.24, 2.45) is 0 Å². The van der Waals surface area contributed by atoms with Gasteiger partial charge in [0.25, 0.3) is 11.2 Å². The van der Waals surface area contributed by atoms with Crippen LogP contribution in [0.15, 0.2) is 23.0 Å². The molecule has 19 heavy (non-hydrogen) atoms. The molecular weight excluding hydrogens is 268 g/mol. The molecule has 1 aromatic carbocycles. The lowest BCUT2D eigenvalue weighted by Gasteiger charge is -2.03. The molecule has 0 saturated carbocycles. The number of aryl methyl sites for hydroxylation is 1. The highest BCUT2D eigenvalue weighted by Crippen LogP contribution is 2.21. The number of nitro groups is 1. The van der Waals surface area contributed by atoms with Crippen LogP contribution in [0.25, 0.3) is 0 Å². The maximum Gasteiger partial charge on any atom is 0.274 e. The largest absolute Gasteiger partial charge is 0.296 e. The Morgan fingerprint density at radius 1 is 1.47 bits per heavy atom. The van der Waals surface area contributed by atoms with Gasteiger partial charge in [0.1, 0.15) is 5.69 Å². The summed E-state index contributed by atoms with van der Waals surface area (Å²) in [5.74, 6) is 0. The van der Waals surface area contributed by atoms with Crippen molar-refractivity contribution in [3.8, 4) is 0 Å². The highest BCUT2D eigenvalue weighted by atomic mass is 32.1. The van der Waals surface area contributed by atoms with Gasteiger partial charge in [-0.1, -0.05) is 12.1 Å². The summed E-state index contributed by atoms with van der Waals surface area (Å²) in [4.78, 5) is 24.5. The zero-order valence-corrected chi connectivity index (χ0v) is 10.8. The van der Waals surface area contributed by atoms with Crippen LogP contribution in [0.3, 0.4) is 0 Å². The predicted molar refractivity (Wildman–Crippen MR) is 70.7 cm³/mol. The summed E-state index contributed by atoms with van der Waals surface area (Å²) in [5.41, 5.74) is 0.895. The Kier molecular flexibility index (Phi) is 3.52. The number of nitrogens with zero attached hydrogens (tertiary/aromatic N) is 2. The number of hydrogen-bond acceptors (Lipinski definition) is 5. The lowest BCUT2D eigenvalue weighted by atomic mass is 10.1. The second kappa shape index (κ2) is 5.11.